The van der Waals surface area contributed by atoms with Gasteiger partial charge in [0.1, 0.15) is 5.01 Å². The molecular weight excluding hydrogens is 204 g/mol. The Bertz CT molecular complexity index is 313. The molecule has 2 atom stereocenters. The molecule has 0 amide bonds. The van der Waals surface area contributed by atoms with Crippen molar-refractivity contribution in [1.82, 2.24) is 10.3 Å². The molecule has 3 heteroatoms. The summed E-state index contributed by atoms with van der Waals surface area (Å²) in [6.45, 7) is 7.54. The minimum atomic E-state index is 0.717. The molecule has 2 unspecified atom stereocenters. The average Bonchev–Trinajstić information content (AvgIpc) is 2.72. The van der Waals surface area contributed by atoms with Gasteiger partial charge in [0, 0.05) is 17.5 Å². The lowest BCUT2D eigenvalue weighted by atomic mass is 10.1. The Balaban J connectivity index is 1.87. The van der Waals surface area contributed by atoms with E-state index in [-0.39, 0.29) is 0 Å². The van der Waals surface area contributed by atoms with E-state index in [9.17, 15) is 0 Å². The molecule has 1 fully saturated rings. The summed E-state index contributed by atoms with van der Waals surface area (Å²) in [5.74, 6) is 0.840. The van der Waals surface area contributed by atoms with E-state index < -0.39 is 0 Å². The fourth-order valence-corrected chi connectivity index (χ4v) is 3.17. The Morgan fingerprint density at radius 1 is 1.40 bits per heavy atom. The normalized spacial score (nSPS) is 26.1. The Morgan fingerprint density at radius 2 is 2.20 bits per heavy atom. The van der Waals surface area contributed by atoms with Crippen molar-refractivity contribution in [2.45, 2.75) is 52.6 Å². The lowest BCUT2D eigenvalue weighted by molar-refractivity contribution is 0.425. The van der Waals surface area contributed by atoms with Crippen LogP contribution in [-0.2, 0) is 6.54 Å². The molecule has 1 aromatic heterocycles. The zero-order valence-corrected chi connectivity index (χ0v) is 10.7. The van der Waals surface area contributed by atoms with E-state index in [1.165, 1.54) is 34.8 Å². The Morgan fingerprint density at radius 3 is 2.73 bits per heavy atom. The standard InChI is InChI=1S/C12H20N2S/c1-8-5-4-6-11(8)13-7-12-14-9(2)10(3)15-12/h8,11,13H,4-7H2,1-3H3. The zero-order chi connectivity index (χ0) is 10.8. The highest BCUT2D eigenvalue weighted by atomic mass is 32.1. The Labute approximate surface area is 96.1 Å². The predicted molar refractivity (Wildman–Crippen MR) is 65.2 cm³/mol. The maximum absolute atomic E-state index is 4.55. The third kappa shape index (κ3) is 2.58. The summed E-state index contributed by atoms with van der Waals surface area (Å²) in [5, 5.41) is 4.88. The number of nitrogens with zero attached hydrogens (tertiary/aromatic N) is 1. The van der Waals surface area contributed by atoms with Crippen LogP contribution in [0.15, 0.2) is 0 Å². The largest absolute Gasteiger partial charge is 0.307 e. The number of hydrogen-bond donors (Lipinski definition) is 1. The quantitative estimate of drug-likeness (QED) is 0.853. The SMILES string of the molecule is Cc1nc(CNC2CCCC2C)sc1C. The van der Waals surface area contributed by atoms with Gasteiger partial charge in [-0.15, -0.1) is 11.3 Å². The smallest absolute Gasteiger partial charge is 0.107 e. The predicted octanol–water partition coefficient (Wildman–Crippen LogP) is 3.04. The number of nitrogens with one attached hydrogen (secondary N) is 1. The van der Waals surface area contributed by atoms with Crippen LogP contribution in [0.4, 0.5) is 0 Å². The van der Waals surface area contributed by atoms with Crippen LogP contribution in [-0.4, -0.2) is 11.0 Å². The van der Waals surface area contributed by atoms with Gasteiger partial charge in [-0.25, -0.2) is 4.98 Å². The highest BCUT2D eigenvalue weighted by Gasteiger charge is 2.22. The van der Waals surface area contributed by atoms with Crippen LogP contribution in [0.3, 0.4) is 0 Å². The third-order valence-corrected chi connectivity index (χ3v) is 4.52. The second-order valence-electron chi connectivity index (χ2n) is 4.64. The van der Waals surface area contributed by atoms with E-state index in [0.717, 1.165) is 18.5 Å². The molecule has 1 aliphatic rings. The van der Waals surface area contributed by atoms with Gasteiger partial charge in [0.25, 0.3) is 0 Å². The van der Waals surface area contributed by atoms with E-state index in [0.29, 0.717) is 0 Å². The maximum atomic E-state index is 4.55. The van der Waals surface area contributed by atoms with Gasteiger partial charge in [0.2, 0.25) is 0 Å². The van der Waals surface area contributed by atoms with Crippen LogP contribution in [0.1, 0.15) is 41.8 Å². The van der Waals surface area contributed by atoms with Crippen LogP contribution in [0, 0.1) is 19.8 Å². The summed E-state index contributed by atoms with van der Waals surface area (Å²) < 4.78 is 0. The van der Waals surface area contributed by atoms with Gasteiger partial charge in [0.05, 0.1) is 5.69 Å². The first-order valence-electron chi connectivity index (χ1n) is 5.83. The van der Waals surface area contributed by atoms with E-state index in [4.69, 9.17) is 0 Å². The lowest BCUT2D eigenvalue weighted by Gasteiger charge is -2.15. The molecule has 0 spiro atoms. The van der Waals surface area contributed by atoms with Gasteiger partial charge in [-0.1, -0.05) is 13.3 Å². The van der Waals surface area contributed by atoms with Crippen molar-refractivity contribution in [2.24, 2.45) is 5.92 Å². The van der Waals surface area contributed by atoms with Gasteiger partial charge in [-0.3, -0.25) is 0 Å². The average molecular weight is 224 g/mol. The molecule has 0 aromatic carbocycles. The molecule has 0 bridgehead atoms. The first-order chi connectivity index (χ1) is 7.16. The van der Waals surface area contributed by atoms with E-state index in [1.54, 1.807) is 0 Å². The molecule has 84 valence electrons. The molecule has 0 saturated heterocycles. The molecule has 2 nitrogen and oxygen atoms in total. The van der Waals surface area contributed by atoms with Crippen molar-refractivity contribution in [1.29, 1.82) is 0 Å². The molecule has 2 rings (SSSR count). The van der Waals surface area contributed by atoms with Gasteiger partial charge in [-0.05, 0) is 32.6 Å². The van der Waals surface area contributed by atoms with Crippen molar-refractivity contribution in [3.8, 4) is 0 Å². The summed E-state index contributed by atoms with van der Waals surface area (Å²) >= 11 is 1.83. The highest BCUT2D eigenvalue weighted by molar-refractivity contribution is 7.11. The number of aromatic nitrogens is 1. The zero-order valence-electron chi connectivity index (χ0n) is 9.84. The Kier molecular flexibility index (Phi) is 3.42. The summed E-state index contributed by atoms with van der Waals surface area (Å²) in [7, 11) is 0. The molecule has 1 heterocycles. The molecule has 1 aliphatic carbocycles. The number of hydrogen-bond acceptors (Lipinski definition) is 3. The summed E-state index contributed by atoms with van der Waals surface area (Å²) in [6, 6.07) is 0.717. The van der Waals surface area contributed by atoms with Gasteiger partial charge in [0.15, 0.2) is 0 Å². The van der Waals surface area contributed by atoms with Crippen LogP contribution in [0.25, 0.3) is 0 Å². The number of aryl methyl sites for hydroxylation is 2. The van der Waals surface area contributed by atoms with Gasteiger partial charge >= 0.3 is 0 Å². The van der Waals surface area contributed by atoms with Crippen molar-refractivity contribution in [2.75, 3.05) is 0 Å². The molecule has 1 saturated carbocycles. The fraction of sp³-hybridized carbons (Fsp3) is 0.750. The monoisotopic (exact) mass is 224 g/mol. The second kappa shape index (κ2) is 4.62. The summed E-state index contributed by atoms with van der Waals surface area (Å²) in [4.78, 5) is 5.91. The topological polar surface area (TPSA) is 24.9 Å². The minimum absolute atomic E-state index is 0.717. The highest BCUT2D eigenvalue weighted by Crippen LogP contribution is 2.25. The lowest BCUT2D eigenvalue weighted by Crippen LogP contribution is -2.30. The second-order valence-corrected chi connectivity index (χ2v) is 5.93. The Hall–Kier alpha value is -0.410. The molecule has 0 radical (unpaired) electrons. The van der Waals surface area contributed by atoms with Gasteiger partial charge < -0.3 is 5.32 Å². The molecular formula is C12H20N2S. The summed E-state index contributed by atoms with van der Waals surface area (Å²) in [6.07, 6.45) is 4.10. The van der Waals surface area contributed by atoms with Crippen LogP contribution in [0.5, 0.6) is 0 Å². The molecule has 0 aliphatic heterocycles. The van der Waals surface area contributed by atoms with Crippen molar-refractivity contribution >= 4 is 11.3 Å². The van der Waals surface area contributed by atoms with Crippen LogP contribution in [0.2, 0.25) is 0 Å². The van der Waals surface area contributed by atoms with Crippen LogP contribution >= 0.6 is 11.3 Å². The maximum Gasteiger partial charge on any atom is 0.107 e. The van der Waals surface area contributed by atoms with Crippen molar-refractivity contribution < 1.29 is 0 Å². The van der Waals surface area contributed by atoms with Crippen molar-refractivity contribution in [3.63, 3.8) is 0 Å². The van der Waals surface area contributed by atoms with E-state index in [2.05, 4.69) is 31.1 Å². The first kappa shape index (κ1) is 11.1. The third-order valence-electron chi connectivity index (χ3n) is 3.45. The molecule has 1 N–H and O–H groups in total. The van der Waals surface area contributed by atoms with E-state index >= 15 is 0 Å². The minimum Gasteiger partial charge on any atom is -0.307 e. The van der Waals surface area contributed by atoms with Crippen LogP contribution < -0.4 is 5.32 Å². The van der Waals surface area contributed by atoms with Gasteiger partial charge in [-0.2, -0.15) is 0 Å². The van der Waals surface area contributed by atoms with E-state index in [1.807, 2.05) is 11.3 Å². The fourth-order valence-electron chi connectivity index (χ4n) is 2.28. The van der Waals surface area contributed by atoms with Crippen molar-refractivity contribution in [3.05, 3.63) is 15.6 Å². The summed E-state index contributed by atoms with van der Waals surface area (Å²) in [5.41, 5.74) is 1.19. The molecule has 1 aromatic rings. The first-order valence-corrected chi connectivity index (χ1v) is 6.64. The molecule has 15 heavy (non-hydrogen) atoms. The number of thiazole rings is 1. The number of rotatable bonds is 3.